The summed E-state index contributed by atoms with van der Waals surface area (Å²) >= 11 is 0. The van der Waals surface area contributed by atoms with Crippen LogP contribution in [0, 0.1) is 5.92 Å². The first kappa shape index (κ1) is 17.5. The molecule has 1 aliphatic rings. The molecule has 1 N–H and O–H groups in total. The maximum atomic E-state index is 9.94. The van der Waals surface area contributed by atoms with E-state index in [-0.39, 0.29) is 16.9 Å². The molecular formula is C21H34O. The maximum absolute atomic E-state index is 9.94. The molecule has 0 saturated heterocycles. The molecule has 1 aromatic carbocycles. The van der Waals surface area contributed by atoms with Gasteiger partial charge in [-0.25, -0.2) is 0 Å². The Balaban J connectivity index is 2.49. The smallest absolute Gasteiger partial charge is 0.0579 e. The topological polar surface area (TPSA) is 20.2 Å². The minimum atomic E-state index is -0.0760. The Morgan fingerprint density at radius 3 is 1.77 bits per heavy atom. The fourth-order valence-corrected chi connectivity index (χ4v) is 3.30. The van der Waals surface area contributed by atoms with Crippen LogP contribution in [0.15, 0.2) is 18.2 Å². The van der Waals surface area contributed by atoms with E-state index in [0.29, 0.717) is 11.8 Å². The van der Waals surface area contributed by atoms with Crippen LogP contribution in [-0.2, 0) is 10.8 Å². The van der Waals surface area contributed by atoms with E-state index in [2.05, 4.69) is 66.7 Å². The third-order valence-electron chi connectivity index (χ3n) is 5.04. The molecule has 1 aromatic rings. The summed E-state index contributed by atoms with van der Waals surface area (Å²) in [7, 11) is 0. The zero-order valence-corrected chi connectivity index (χ0v) is 15.5. The molecule has 0 bridgehead atoms. The van der Waals surface area contributed by atoms with Gasteiger partial charge in [0.2, 0.25) is 0 Å². The number of benzene rings is 1. The van der Waals surface area contributed by atoms with Crippen LogP contribution < -0.4 is 0 Å². The predicted molar refractivity (Wildman–Crippen MR) is 95.6 cm³/mol. The molecule has 1 nitrogen and oxygen atoms in total. The van der Waals surface area contributed by atoms with E-state index < -0.39 is 0 Å². The van der Waals surface area contributed by atoms with E-state index in [1.165, 1.54) is 29.5 Å². The molecule has 3 atom stereocenters. The van der Waals surface area contributed by atoms with Crippen LogP contribution in [0.25, 0.3) is 0 Å². The van der Waals surface area contributed by atoms with E-state index in [1.54, 1.807) is 0 Å². The molecule has 0 spiro atoms. The highest BCUT2D eigenvalue weighted by Crippen LogP contribution is 2.46. The van der Waals surface area contributed by atoms with E-state index >= 15 is 0 Å². The molecule has 124 valence electrons. The van der Waals surface area contributed by atoms with Crippen molar-refractivity contribution in [1.29, 1.82) is 0 Å². The van der Waals surface area contributed by atoms with Gasteiger partial charge in [0.15, 0.2) is 0 Å². The van der Waals surface area contributed by atoms with Gasteiger partial charge in [-0.1, -0.05) is 73.1 Å². The molecule has 1 fully saturated rings. The van der Waals surface area contributed by atoms with Gasteiger partial charge in [0.25, 0.3) is 0 Å². The van der Waals surface area contributed by atoms with Gasteiger partial charge >= 0.3 is 0 Å². The normalized spacial score (nSPS) is 23.5. The van der Waals surface area contributed by atoms with Gasteiger partial charge in [0, 0.05) is 0 Å². The summed E-state index contributed by atoms with van der Waals surface area (Å²) < 4.78 is 0. The lowest BCUT2D eigenvalue weighted by Gasteiger charge is -2.28. The monoisotopic (exact) mass is 302 g/mol. The van der Waals surface area contributed by atoms with Crippen molar-refractivity contribution >= 4 is 0 Å². The minimum absolute atomic E-state index is 0.0760. The molecule has 1 saturated carbocycles. The Morgan fingerprint density at radius 2 is 1.45 bits per heavy atom. The first-order valence-electron chi connectivity index (χ1n) is 8.88. The van der Waals surface area contributed by atoms with Gasteiger partial charge in [-0.15, -0.1) is 0 Å². The van der Waals surface area contributed by atoms with Crippen molar-refractivity contribution in [2.24, 2.45) is 5.92 Å². The van der Waals surface area contributed by atoms with Gasteiger partial charge in [-0.2, -0.15) is 0 Å². The molecule has 0 aromatic heterocycles. The van der Waals surface area contributed by atoms with Crippen LogP contribution in [0.3, 0.4) is 0 Å². The first-order chi connectivity index (χ1) is 10.0. The molecule has 0 radical (unpaired) electrons. The van der Waals surface area contributed by atoms with Crippen molar-refractivity contribution in [3.63, 3.8) is 0 Å². The number of aliphatic hydroxyl groups excluding tert-OH is 1. The Morgan fingerprint density at radius 1 is 1.00 bits per heavy atom. The maximum Gasteiger partial charge on any atom is 0.0579 e. The molecule has 1 heteroatoms. The second-order valence-electron chi connectivity index (χ2n) is 9.21. The van der Waals surface area contributed by atoms with Crippen molar-refractivity contribution in [3.8, 4) is 0 Å². The highest BCUT2D eigenvalue weighted by molar-refractivity contribution is 5.39. The summed E-state index contributed by atoms with van der Waals surface area (Å²) in [6.45, 7) is 16.0. The van der Waals surface area contributed by atoms with Crippen LogP contribution in [0.2, 0.25) is 0 Å². The molecule has 2 rings (SSSR count). The van der Waals surface area contributed by atoms with Crippen LogP contribution >= 0.6 is 0 Å². The number of aliphatic hydroxyl groups is 1. The van der Waals surface area contributed by atoms with Crippen molar-refractivity contribution in [1.82, 2.24) is 0 Å². The van der Waals surface area contributed by atoms with E-state index in [4.69, 9.17) is 0 Å². The zero-order valence-electron chi connectivity index (χ0n) is 15.5. The Labute approximate surface area is 137 Å². The predicted octanol–water partition coefficient (Wildman–Crippen LogP) is 5.55. The Bertz CT molecular complexity index is 483. The Kier molecular flexibility index (Phi) is 4.78. The fourth-order valence-electron chi connectivity index (χ4n) is 3.30. The molecule has 3 unspecified atom stereocenters. The van der Waals surface area contributed by atoms with Crippen molar-refractivity contribution < 1.29 is 5.11 Å². The lowest BCUT2D eigenvalue weighted by Crippen LogP contribution is -2.18. The third kappa shape index (κ3) is 3.93. The van der Waals surface area contributed by atoms with Crippen molar-refractivity contribution in [2.45, 2.75) is 90.6 Å². The molecule has 22 heavy (non-hydrogen) atoms. The number of hydrogen-bond acceptors (Lipinski definition) is 1. The van der Waals surface area contributed by atoms with Gasteiger partial charge in [0.1, 0.15) is 0 Å². The summed E-state index contributed by atoms with van der Waals surface area (Å²) in [5, 5.41) is 9.94. The summed E-state index contributed by atoms with van der Waals surface area (Å²) in [5.41, 5.74) is 4.61. The summed E-state index contributed by atoms with van der Waals surface area (Å²) in [6.07, 6.45) is 3.26. The summed E-state index contributed by atoms with van der Waals surface area (Å²) in [5.74, 6) is 0.992. The summed E-state index contributed by atoms with van der Waals surface area (Å²) in [6, 6.07) is 7.19. The molecule has 0 aliphatic heterocycles. The second kappa shape index (κ2) is 6.00. The number of hydrogen-bond donors (Lipinski definition) is 1. The van der Waals surface area contributed by atoms with Gasteiger partial charge in [0.05, 0.1) is 6.10 Å². The lowest BCUT2D eigenvalue weighted by atomic mass is 9.77. The van der Waals surface area contributed by atoms with Crippen LogP contribution in [-0.4, -0.2) is 11.2 Å². The SMILES string of the molecule is CCCC(c1cc(C(C)(C)C)cc(C(C)(C)C)c1)C1CC1O. The number of rotatable bonds is 4. The molecule has 0 amide bonds. The van der Waals surface area contributed by atoms with Crippen LogP contribution in [0.1, 0.15) is 90.3 Å². The highest BCUT2D eigenvalue weighted by atomic mass is 16.3. The average Bonchev–Trinajstić information content (AvgIpc) is 3.10. The van der Waals surface area contributed by atoms with E-state index in [1.807, 2.05) is 0 Å². The largest absolute Gasteiger partial charge is 0.393 e. The second-order valence-corrected chi connectivity index (χ2v) is 9.21. The van der Waals surface area contributed by atoms with Crippen LogP contribution in [0.4, 0.5) is 0 Å². The Hall–Kier alpha value is -0.820. The van der Waals surface area contributed by atoms with Crippen LogP contribution in [0.5, 0.6) is 0 Å². The lowest BCUT2D eigenvalue weighted by molar-refractivity contribution is 0.248. The molecular weight excluding hydrogens is 268 g/mol. The van der Waals surface area contributed by atoms with Gasteiger partial charge < -0.3 is 5.11 Å². The minimum Gasteiger partial charge on any atom is -0.393 e. The van der Waals surface area contributed by atoms with Crippen molar-refractivity contribution in [3.05, 3.63) is 34.9 Å². The van der Waals surface area contributed by atoms with E-state index in [0.717, 1.165) is 6.42 Å². The highest BCUT2D eigenvalue weighted by Gasteiger charge is 2.42. The molecule has 0 heterocycles. The standard InChI is InChI=1S/C21H34O/c1-8-9-17(18-13-19(18)22)14-10-15(20(2,3)4)12-16(11-14)21(5,6)7/h10-12,17-19,22H,8-9,13H2,1-7H3. The fraction of sp³-hybridized carbons (Fsp3) is 0.714. The van der Waals surface area contributed by atoms with Gasteiger partial charge in [-0.3, -0.25) is 0 Å². The quantitative estimate of drug-likeness (QED) is 0.773. The zero-order chi connectivity index (χ0) is 16.7. The van der Waals surface area contributed by atoms with E-state index in [9.17, 15) is 5.11 Å². The third-order valence-corrected chi connectivity index (χ3v) is 5.04. The van der Waals surface area contributed by atoms with Crippen molar-refractivity contribution in [2.75, 3.05) is 0 Å². The van der Waals surface area contributed by atoms with Gasteiger partial charge in [-0.05, 0) is 52.2 Å². The first-order valence-corrected chi connectivity index (χ1v) is 8.88. The average molecular weight is 303 g/mol. The summed E-state index contributed by atoms with van der Waals surface area (Å²) in [4.78, 5) is 0. The molecule has 1 aliphatic carbocycles.